The Labute approximate surface area is 165 Å². The summed E-state index contributed by atoms with van der Waals surface area (Å²) in [6, 6.07) is 6.70. The Morgan fingerprint density at radius 2 is 1.70 bits per heavy atom. The summed E-state index contributed by atoms with van der Waals surface area (Å²) in [5.74, 6) is -1.20. The number of benzene rings is 1. The van der Waals surface area contributed by atoms with Crippen LogP contribution in [-0.2, 0) is 9.59 Å². The van der Waals surface area contributed by atoms with Gasteiger partial charge in [-0.25, -0.2) is 0 Å². The van der Waals surface area contributed by atoms with E-state index in [1.54, 1.807) is 24.3 Å². The number of carbonyl (C=O) groups is 4. The van der Waals surface area contributed by atoms with Gasteiger partial charge in [0.2, 0.25) is 11.8 Å². The summed E-state index contributed by atoms with van der Waals surface area (Å²) in [4.78, 5) is 48.6. The van der Waals surface area contributed by atoms with Crippen molar-refractivity contribution in [2.75, 3.05) is 19.6 Å². The summed E-state index contributed by atoms with van der Waals surface area (Å²) in [7, 11) is 0. The molecule has 0 aliphatic carbocycles. The van der Waals surface area contributed by atoms with Crippen molar-refractivity contribution in [2.24, 2.45) is 0 Å². The van der Waals surface area contributed by atoms with E-state index >= 15 is 0 Å². The SMILES string of the molecule is N#CCC(=O)NCCCNC(=O)CCCN1C(=O)c2ccc(Br)cc2C1=O. The van der Waals surface area contributed by atoms with Crippen LogP contribution in [0.2, 0.25) is 0 Å². The third-order valence-corrected chi connectivity index (χ3v) is 4.45. The Morgan fingerprint density at radius 1 is 1.04 bits per heavy atom. The molecule has 27 heavy (non-hydrogen) atoms. The first-order valence-electron chi connectivity index (χ1n) is 8.50. The summed E-state index contributed by atoms with van der Waals surface area (Å²) in [5, 5.41) is 13.6. The normalized spacial score (nSPS) is 12.5. The molecule has 0 fully saturated rings. The number of carbonyl (C=O) groups excluding carboxylic acids is 4. The summed E-state index contributed by atoms with van der Waals surface area (Å²) >= 11 is 3.28. The fourth-order valence-corrected chi connectivity index (χ4v) is 2.99. The molecule has 0 unspecified atom stereocenters. The summed E-state index contributed by atoms with van der Waals surface area (Å²) in [5.41, 5.74) is 0.753. The summed E-state index contributed by atoms with van der Waals surface area (Å²) in [6.45, 7) is 0.958. The average molecular weight is 435 g/mol. The number of rotatable bonds is 9. The van der Waals surface area contributed by atoms with Crippen LogP contribution in [0.1, 0.15) is 46.4 Å². The van der Waals surface area contributed by atoms with Gasteiger partial charge in [-0.1, -0.05) is 15.9 Å². The number of fused-ring (bicyclic) bond motifs is 1. The monoisotopic (exact) mass is 434 g/mol. The number of nitrogens with one attached hydrogen (secondary N) is 2. The maximum absolute atomic E-state index is 12.3. The second-order valence-electron chi connectivity index (χ2n) is 5.94. The number of imide groups is 1. The first-order valence-corrected chi connectivity index (χ1v) is 9.29. The molecule has 2 rings (SSSR count). The van der Waals surface area contributed by atoms with Crippen LogP contribution in [0.5, 0.6) is 0 Å². The Bertz CT molecular complexity index is 803. The van der Waals surface area contributed by atoms with E-state index in [2.05, 4.69) is 26.6 Å². The molecule has 0 saturated carbocycles. The number of hydrogen-bond acceptors (Lipinski definition) is 5. The van der Waals surface area contributed by atoms with Crippen molar-refractivity contribution in [3.05, 3.63) is 33.8 Å². The number of amides is 4. The molecule has 1 aromatic rings. The summed E-state index contributed by atoms with van der Waals surface area (Å²) in [6.07, 6.45) is 0.937. The van der Waals surface area contributed by atoms with Crippen LogP contribution in [0, 0.1) is 11.3 Å². The van der Waals surface area contributed by atoms with Crippen molar-refractivity contribution in [3.63, 3.8) is 0 Å². The van der Waals surface area contributed by atoms with E-state index in [9.17, 15) is 19.2 Å². The molecule has 0 radical (unpaired) electrons. The first-order chi connectivity index (χ1) is 12.9. The molecule has 4 amide bonds. The lowest BCUT2D eigenvalue weighted by molar-refractivity contribution is -0.121. The molecule has 1 aromatic carbocycles. The van der Waals surface area contributed by atoms with Crippen molar-refractivity contribution in [1.82, 2.24) is 15.5 Å². The Hall–Kier alpha value is -2.73. The lowest BCUT2D eigenvalue weighted by Crippen LogP contribution is -2.32. The average Bonchev–Trinajstić information content (AvgIpc) is 2.86. The highest BCUT2D eigenvalue weighted by molar-refractivity contribution is 9.10. The van der Waals surface area contributed by atoms with Crippen molar-refractivity contribution in [2.45, 2.75) is 25.7 Å². The first kappa shape index (κ1) is 20.6. The second kappa shape index (κ2) is 9.83. The van der Waals surface area contributed by atoms with E-state index in [1.165, 1.54) is 0 Å². The van der Waals surface area contributed by atoms with E-state index < -0.39 is 0 Å². The third-order valence-electron chi connectivity index (χ3n) is 3.96. The molecule has 1 heterocycles. The van der Waals surface area contributed by atoms with Crippen LogP contribution >= 0.6 is 15.9 Å². The third kappa shape index (κ3) is 5.62. The van der Waals surface area contributed by atoms with Gasteiger partial charge >= 0.3 is 0 Å². The molecular weight excluding hydrogens is 416 g/mol. The number of nitriles is 1. The van der Waals surface area contributed by atoms with Crippen LogP contribution in [0.25, 0.3) is 0 Å². The summed E-state index contributed by atoms with van der Waals surface area (Å²) < 4.78 is 0.729. The van der Waals surface area contributed by atoms with Crippen molar-refractivity contribution >= 4 is 39.6 Å². The smallest absolute Gasteiger partial charge is 0.261 e. The number of nitrogens with zero attached hydrogens (tertiary/aromatic N) is 2. The minimum atomic E-state index is -0.343. The molecule has 0 aromatic heterocycles. The van der Waals surface area contributed by atoms with Crippen molar-refractivity contribution in [3.8, 4) is 6.07 Å². The molecular formula is C18H19BrN4O4. The maximum Gasteiger partial charge on any atom is 0.261 e. The Kier molecular flexibility index (Phi) is 7.49. The largest absolute Gasteiger partial charge is 0.356 e. The van der Waals surface area contributed by atoms with E-state index in [0.29, 0.717) is 37.1 Å². The second-order valence-corrected chi connectivity index (χ2v) is 6.86. The van der Waals surface area contributed by atoms with E-state index in [-0.39, 0.29) is 43.0 Å². The van der Waals surface area contributed by atoms with Crippen LogP contribution < -0.4 is 10.6 Å². The predicted octanol–water partition coefficient (Wildman–Crippen LogP) is 1.36. The van der Waals surface area contributed by atoms with E-state index in [1.807, 2.05) is 0 Å². The molecule has 0 saturated heterocycles. The zero-order chi connectivity index (χ0) is 19.8. The molecule has 142 valence electrons. The van der Waals surface area contributed by atoms with Gasteiger partial charge in [-0.2, -0.15) is 5.26 Å². The van der Waals surface area contributed by atoms with Crippen molar-refractivity contribution in [1.29, 1.82) is 5.26 Å². The van der Waals surface area contributed by atoms with Gasteiger partial charge in [0, 0.05) is 30.5 Å². The van der Waals surface area contributed by atoms with Gasteiger partial charge in [0.25, 0.3) is 11.8 Å². The fourth-order valence-electron chi connectivity index (χ4n) is 2.63. The lowest BCUT2D eigenvalue weighted by atomic mass is 10.1. The highest BCUT2D eigenvalue weighted by Gasteiger charge is 2.35. The molecule has 1 aliphatic heterocycles. The molecule has 8 nitrogen and oxygen atoms in total. The fraction of sp³-hybridized carbons (Fsp3) is 0.389. The molecule has 1 aliphatic rings. The minimum Gasteiger partial charge on any atom is -0.356 e. The van der Waals surface area contributed by atoms with Crippen molar-refractivity contribution < 1.29 is 19.2 Å². The van der Waals surface area contributed by atoms with Gasteiger partial charge in [-0.15, -0.1) is 0 Å². The number of hydrogen-bond donors (Lipinski definition) is 2. The van der Waals surface area contributed by atoms with Gasteiger partial charge in [-0.3, -0.25) is 24.1 Å². The van der Waals surface area contributed by atoms with Crippen LogP contribution in [-0.4, -0.2) is 48.2 Å². The molecule has 2 N–H and O–H groups in total. The standard InChI is InChI=1S/C18H19BrN4O4/c19-12-4-5-13-14(11-12)18(27)23(17(13)26)10-1-3-15(24)21-8-2-9-22-16(25)6-7-20/h4-5,11H,1-3,6,8-10H2,(H,21,24)(H,22,25). The molecule has 0 bridgehead atoms. The van der Waals surface area contributed by atoms with Gasteiger partial charge in [0.1, 0.15) is 6.42 Å². The molecule has 0 spiro atoms. The molecule has 0 atom stereocenters. The van der Waals surface area contributed by atoms with Gasteiger partial charge in [0.05, 0.1) is 17.2 Å². The minimum absolute atomic E-state index is 0.179. The maximum atomic E-state index is 12.3. The zero-order valence-corrected chi connectivity index (χ0v) is 16.2. The molecule has 9 heteroatoms. The van der Waals surface area contributed by atoms with Gasteiger partial charge in [-0.05, 0) is 31.0 Å². The quantitative estimate of drug-likeness (QED) is 0.449. The highest BCUT2D eigenvalue weighted by atomic mass is 79.9. The Morgan fingerprint density at radius 3 is 2.41 bits per heavy atom. The topological polar surface area (TPSA) is 119 Å². The lowest BCUT2D eigenvalue weighted by Gasteiger charge is -2.13. The van der Waals surface area contributed by atoms with Crippen LogP contribution in [0.15, 0.2) is 22.7 Å². The predicted molar refractivity (Wildman–Crippen MR) is 99.6 cm³/mol. The van der Waals surface area contributed by atoms with Gasteiger partial charge in [0.15, 0.2) is 0 Å². The van der Waals surface area contributed by atoms with Crippen LogP contribution in [0.4, 0.5) is 0 Å². The van der Waals surface area contributed by atoms with Crippen LogP contribution in [0.3, 0.4) is 0 Å². The Balaban J connectivity index is 1.66. The van der Waals surface area contributed by atoms with E-state index in [0.717, 1.165) is 9.37 Å². The zero-order valence-electron chi connectivity index (χ0n) is 14.6. The van der Waals surface area contributed by atoms with Gasteiger partial charge < -0.3 is 10.6 Å². The number of halogens is 1. The highest BCUT2D eigenvalue weighted by Crippen LogP contribution is 2.26. The van der Waals surface area contributed by atoms with E-state index in [4.69, 9.17) is 5.26 Å².